The van der Waals surface area contributed by atoms with E-state index in [-0.39, 0.29) is 5.75 Å². The number of aromatic nitrogens is 3. The number of benzene rings is 3. The third-order valence-electron chi connectivity index (χ3n) is 4.81. The highest BCUT2D eigenvalue weighted by molar-refractivity contribution is 9.10. The number of hydrogen-bond donors (Lipinski definition) is 2. The quantitative estimate of drug-likeness (QED) is 0.348. The summed E-state index contributed by atoms with van der Waals surface area (Å²) < 4.78 is 7.08. The van der Waals surface area contributed by atoms with Gasteiger partial charge < -0.3 is 15.2 Å². The van der Waals surface area contributed by atoms with Gasteiger partial charge in [-0.3, -0.25) is 0 Å². The van der Waals surface area contributed by atoms with Crippen molar-refractivity contribution in [2.45, 2.75) is 17.1 Å². The zero-order valence-electron chi connectivity index (χ0n) is 16.2. The number of anilines is 1. The van der Waals surface area contributed by atoms with E-state index in [9.17, 15) is 5.11 Å². The van der Waals surface area contributed by atoms with Crippen LogP contribution in [0, 0.1) is 0 Å². The summed E-state index contributed by atoms with van der Waals surface area (Å²) in [5.74, 6) is 1.28. The summed E-state index contributed by atoms with van der Waals surface area (Å²) in [6.07, 6.45) is -0.576. The number of para-hydroxylation sites is 1. The first-order valence-corrected chi connectivity index (χ1v) is 11.4. The van der Waals surface area contributed by atoms with Gasteiger partial charge in [0.15, 0.2) is 11.9 Å². The van der Waals surface area contributed by atoms with Crippen molar-refractivity contribution in [1.29, 1.82) is 0 Å². The smallest absolute Gasteiger partial charge is 0.247 e. The Kier molecular flexibility index (Phi) is 5.48. The predicted octanol–water partition coefficient (Wildman–Crippen LogP) is 5.80. The van der Waals surface area contributed by atoms with Crippen LogP contribution < -0.4 is 10.1 Å². The second-order valence-corrected chi connectivity index (χ2v) is 8.71. The fraction of sp³-hybridized carbons (Fsp3) is 0.0870. The van der Waals surface area contributed by atoms with Gasteiger partial charge in [0.1, 0.15) is 5.75 Å². The van der Waals surface area contributed by atoms with Crippen LogP contribution in [-0.4, -0.2) is 20.3 Å². The van der Waals surface area contributed by atoms with Crippen molar-refractivity contribution in [3.8, 4) is 22.9 Å². The number of fused-ring (bicyclic) bond motifs is 3. The second-order valence-electron chi connectivity index (χ2n) is 6.92. The van der Waals surface area contributed by atoms with E-state index in [0.29, 0.717) is 16.7 Å². The van der Waals surface area contributed by atoms with Crippen LogP contribution in [-0.2, 0) is 5.75 Å². The van der Waals surface area contributed by atoms with Crippen molar-refractivity contribution in [3.63, 3.8) is 0 Å². The Morgan fingerprint density at radius 1 is 1.00 bits per heavy atom. The molecule has 0 spiro atoms. The summed E-state index contributed by atoms with van der Waals surface area (Å²) in [4.78, 5) is 4.66. The van der Waals surface area contributed by atoms with Crippen molar-refractivity contribution in [3.05, 3.63) is 88.4 Å². The summed E-state index contributed by atoms with van der Waals surface area (Å²) >= 11 is 5.06. The van der Waals surface area contributed by atoms with Gasteiger partial charge in [0.25, 0.3) is 0 Å². The van der Waals surface area contributed by atoms with Gasteiger partial charge in [-0.25, -0.2) is 0 Å². The number of hydrogen-bond acceptors (Lipinski definition) is 7. The summed E-state index contributed by atoms with van der Waals surface area (Å²) in [6.45, 7) is 0. The Morgan fingerprint density at radius 3 is 2.68 bits per heavy atom. The molecule has 1 unspecified atom stereocenters. The van der Waals surface area contributed by atoms with Gasteiger partial charge >= 0.3 is 0 Å². The molecule has 0 saturated carbocycles. The highest BCUT2D eigenvalue weighted by Crippen LogP contribution is 2.41. The Bertz CT molecular complexity index is 1240. The number of phenolic OH excluding ortho intramolecular Hbond substituents is 1. The summed E-state index contributed by atoms with van der Waals surface area (Å²) in [7, 11) is 0. The molecule has 0 fully saturated rings. The molecule has 31 heavy (non-hydrogen) atoms. The molecule has 1 atom stereocenters. The second kappa shape index (κ2) is 8.56. The largest absolute Gasteiger partial charge is 0.508 e. The van der Waals surface area contributed by atoms with Crippen molar-refractivity contribution in [2.75, 3.05) is 5.32 Å². The molecule has 1 aliphatic heterocycles. The lowest BCUT2D eigenvalue weighted by molar-refractivity contribution is 0.224. The minimum absolute atomic E-state index is 0.154. The maximum absolute atomic E-state index is 10.0. The van der Waals surface area contributed by atoms with Crippen LogP contribution in [0.2, 0.25) is 0 Å². The third kappa shape index (κ3) is 4.22. The first-order chi connectivity index (χ1) is 15.2. The fourth-order valence-corrected chi connectivity index (χ4v) is 4.49. The third-order valence-corrected chi connectivity index (χ3v) is 6.44. The number of rotatable bonds is 4. The standard InChI is InChI=1S/C23H17BrN4O2S/c24-18-11-10-15(29)12-17(18)21-25-19-9-5-4-8-16(19)20-22(30-21)26-23(28-27-20)31-13-14-6-2-1-3-7-14/h1-12,21,25,29H,13H2. The molecule has 0 bridgehead atoms. The normalized spacial score (nSPS) is 14.5. The summed E-state index contributed by atoms with van der Waals surface area (Å²) in [5.41, 5.74) is 4.21. The molecule has 0 aliphatic carbocycles. The lowest BCUT2D eigenvalue weighted by Crippen LogP contribution is -2.17. The van der Waals surface area contributed by atoms with Crippen LogP contribution in [0.1, 0.15) is 17.4 Å². The van der Waals surface area contributed by atoms with Crippen molar-refractivity contribution in [2.24, 2.45) is 0 Å². The topological polar surface area (TPSA) is 80.2 Å². The van der Waals surface area contributed by atoms with Gasteiger partial charge in [-0.1, -0.05) is 76.2 Å². The Balaban J connectivity index is 1.53. The minimum Gasteiger partial charge on any atom is -0.508 e. The van der Waals surface area contributed by atoms with Crippen LogP contribution in [0.25, 0.3) is 11.3 Å². The molecule has 0 radical (unpaired) electrons. The number of aromatic hydroxyl groups is 1. The average Bonchev–Trinajstić information content (AvgIpc) is 2.96. The van der Waals surface area contributed by atoms with E-state index >= 15 is 0 Å². The number of thioether (sulfide) groups is 1. The highest BCUT2D eigenvalue weighted by Gasteiger charge is 2.27. The zero-order chi connectivity index (χ0) is 21.2. The average molecular weight is 493 g/mol. The lowest BCUT2D eigenvalue weighted by atomic mass is 10.1. The first-order valence-electron chi connectivity index (χ1n) is 9.60. The van der Waals surface area contributed by atoms with Gasteiger partial charge in [-0.15, -0.1) is 10.2 Å². The van der Waals surface area contributed by atoms with Crippen molar-refractivity contribution in [1.82, 2.24) is 15.2 Å². The van der Waals surface area contributed by atoms with Crippen LogP contribution in [0.4, 0.5) is 5.69 Å². The molecule has 2 N–H and O–H groups in total. The minimum atomic E-state index is -0.576. The van der Waals surface area contributed by atoms with E-state index < -0.39 is 6.23 Å². The predicted molar refractivity (Wildman–Crippen MR) is 124 cm³/mol. The van der Waals surface area contributed by atoms with Gasteiger partial charge in [-0.05, 0) is 29.8 Å². The number of phenols is 1. The van der Waals surface area contributed by atoms with E-state index in [1.165, 1.54) is 17.3 Å². The zero-order valence-corrected chi connectivity index (χ0v) is 18.6. The van der Waals surface area contributed by atoms with E-state index in [0.717, 1.165) is 27.0 Å². The Morgan fingerprint density at radius 2 is 1.81 bits per heavy atom. The molecule has 3 aromatic carbocycles. The maximum Gasteiger partial charge on any atom is 0.247 e. The number of ether oxygens (including phenoxy) is 1. The molecule has 2 heterocycles. The molecule has 1 aliphatic rings. The summed E-state index contributed by atoms with van der Waals surface area (Å²) in [5, 5.41) is 22.7. The first kappa shape index (κ1) is 19.8. The molecule has 154 valence electrons. The van der Waals surface area contributed by atoms with Crippen LogP contribution in [0.3, 0.4) is 0 Å². The monoisotopic (exact) mass is 492 g/mol. The fourth-order valence-electron chi connectivity index (χ4n) is 3.30. The maximum atomic E-state index is 10.0. The number of halogens is 1. The van der Waals surface area contributed by atoms with E-state index in [4.69, 9.17) is 4.74 Å². The Hall–Kier alpha value is -3.10. The van der Waals surface area contributed by atoms with E-state index in [2.05, 4.69) is 48.6 Å². The van der Waals surface area contributed by atoms with Crippen LogP contribution in [0.5, 0.6) is 11.6 Å². The van der Waals surface area contributed by atoms with Crippen LogP contribution in [0.15, 0.2) is 82.4 Å². The molecule has 6 nitrogen and oxygen atoms in total. The SMILES string of the molecule is Oc1ccc(Br)c(C2Nc3ccccc3-c3nnc(SCc4ccccc4)nc3O2)c1. The Labute approximate surface area is 191 Å². The van der Waals surface area contributed by atoms with Gasteiger partial charge in [0, 0.05) is 27.0 Å². The highest BCUT2D eigenvalue weighted by atomic mass is 79.9. The molecule has 5 rings (SSSR count). The van der Waals surface area contributed by atoms with Gasteiger partial charge in [0.2, 0.25) is 11.0 Å². The molecular weight excluding hydrogens is 476 g/mol. The molecule has 0 amide bonds. The molecular formula is C23H17BrN4O2S. The summed E-state index contributed by atoms with van der Waals surface area (Å²) in [6, 6.07) is 23.0. The van der Waals surface area contributed by atoms with Gasteiger partial charge in [-0.2, -0.15) is 4.98 Å². The van der Waals surface area contributed by atoms with Crippen molar-refractivity contribution < 1.29 is 9.84 Å². The molecule has 4 aromatic rings. The number of nitrogens with one attached hydrogen (secondary N) is 1. The van der Waals surface area contributed by atoms with Gasteiger partial charge in [0.05, 0.1) is 0 Å². The van der Waals surface area contributed by atoms with Crippen molar-refractivity contribution >= 4 is 33.4 Å². The molecule has 0 saturated heterocycles. The van der Waals surface area contributed by atoms with E-state index in [1.807, 2.05) is 42.5 Å². The number of nitrogens with zero attached hydrogens (tertiary/aromatic N) is 3. The molecule has 1 aromatic heterocycles. The van der Waals surface area contributed by atoms with E-state index in [1.54, 1.807) is 18.2 Å². The molecule has 8 heteroatoms. The van der Waals surface area contributed by atoms with Crippen LogP contribution >= 0.6 is 27.7 Å². The lowest BCUT2D eigenvalue weighted by Gasteiger charge is -2.20.